The monoisotopic (exact) mass is 688 g/mol. The van der Waals surface area contributed by atoms with Crippen molar-refractivity contribution >= 4 is 57.4 Å². The van der Waals surface area contributed by atoms with Crippen LogP contribution in [0.2, 0.25) is 10.0 Å². The normalized spacial score (nSPS) is 14.7. The highest BCUT2D eigenvalue weighted by molar-refractivity contribution is 7.07. The summed E-state index contributed by atoms with van der Waals surface area (Å²) < 4.78 is 15.6. The minimum Gasteiger partial charge on any atom is -0.497 e. The molecule has 0 aliphatic carbocycles. The Bertz CT molecular complexity index is 2230. The molecule has 3 heterocycles. The maximum atomic E-state index is 14.5. The zero-order valence-corrected chi connectivity index (χ0v) is 29.0. The van der Waals surface area contributed by atoms with Gasteiger partial charge in [-0.05, 0) is 68.8 Å². The first-order valence-electron chi connectivity index (χ1n) is 15.2. The van der Waals surface area contributed by atoms with E-state index in [1.165, 1.54) is 11.3 Å². The highest BCUT2D eigenvalue weighted by Gasteiger charge is 2.36. The summed E-state index contributed by atoms with van der Waals surface area (Å²) in [5.41, 5.74) is 4.28. The number of rotatable bonds is 9. The van der Waals surface area contributed by atoms with Gasteiger partial charge in [-0.2, -0.15) is 0 Å². The molecule has 0 saturated heterocycles. The van der Waals surface area contributed by atoms with Gasteiger partial charge in [0.1, 0.15) is 17.5 Å². The van der Waals surface area contributed by atoms with Gasteiger partial charge in [0.25, 0.3) is 11.5 Å². The molecule has 6 rings (SSSR count). The molecule has 2 aromatic heterocycles. The van der Waals surface area contributed by atoms with E-state index in [0.717, 1.165) is 22.0 Å². The summed E-state index contributed by atoms with van der Waals surface area (Å²) in [6, 6.07) is 18.3. The van der Waals surface area contributed by atoms with E-state index in [-0.39, 0.29) is 11.5 Å². The molecular formula is C36H34Cl2N4O4S. The number of ether oxygens (including phenoxy) is 2. The van der Waals surface area contributed by atoms with E-state index in [9.17, 15) is 9.59 Å². The van der Waals surface area contributed by atoms with Crippen molar-refractivity contribution in [3.63, 3.8) is 0 Å². The highest BCUT2D eigenvalue weighted by Crippen LogP contribution is 2.38. The first-order valence-corrected chi connectivity index (χ1v) is 16.8. The number of hydrogen-bond donors (Lipinski definition) is 0. The second-order valence-electron chi connectivity index (χ2n) is 11.1. The number of methoxy groups -OCH3 is 2. The summed E-state index contributed by atoms with van der Waals surface area (Å²) >= 11 is 13.8. The molecule has 1 amide bonds. The molecule has 5 aromatic rings. The standard InChI is InChI=1S/C36H34Cl2N4O4S/c1-6-40(7-2)35(44)32-21(3)39-36-42(33(32)26-18-24(45-4)13-15-30(26)46-5)34(43)31(47-36)17-23-20-41(29-11-9-8-10-25(23)29)19-22-12-14-27(37)28(38)16-22/h8-18,20,33H,6-7,19H2,1-5H3/b31-17+/t33-/m1/s1. The van der Waals surface area contributed by atoms with Gasteiger partial charge >= 0.3 is 0 Å². The van der Waals surface area contributed by atoms with Crippen LogP contribution in [0.1, 0.15) is 43.5 Å². The van der Waals surface area contributed by atoms with E-state index >= 15 is 0 Å². The van der Waals surface area contributed by atoms with Gasteiger partial charge in [0.2, 0.25) is 0 Å². The average Bonchev–Trinajstić information content (AvgIpc) is 3.57. The van der Waals surface area contributed by atoms with Crippen LogP contribution in [-0.2, 0) is 11.3 Å². The van der Waals surface area contributed by atoms with Crippen LogP contribution in [0.4, 0.5) is 0 Å². The molecule has 8 nitrogen and oxygen atoms in total. The number of nitrogens with zero attached hydrogens (tertiary/aromatic N) is 4. The van der Waals surface area contributed by atoms with Crippen molar-refractivity contribution in [3.8, 4) is 11.5 Å². The van der Waals surface area contributed by atoms with E-state index in [4.69, 9.17) is 37.7 Å². The summed E-state index contributed by atoms with van der Waals surface area (Å²) in [5.74, 6) is 0.947. The van der Waals surface area contributed by atoms with Crippen LogP contribution in [0.25, 0.3) is 17.0 Å². The van der Waals surface area contributed by atoms with Gasteiger partial charge in [-0.25, -0.2) is 4.99 Å². The molecule has 0 unspecified atom stereocenters. The third kappa shape index (κ3) is 5.99. The third-order valence-corrected chi connectivity index (χ3v) is 10.2. The zero-order chi connectivity index (χ0) is 33.4. The predicted octanol–water partition coefficient (Wildman–Crippen LogP) is 6.43. The van der Waals surface area contributed by atoms with Crippen LogP contribution in [-0.4, -0.2) is 47.3 Å². The molecular weight excluding hydrogens is 655 g/mol. The number of likely N-dealkylation sites (N-methyl/N-ethyl adjacent to an activating group) is 1. The van der Waals surface area contributed by atoms with Crippen molar-refractivity contribution in [2.24, 2.45) is 4.99 Å². The molecule has 47 heavy (non-hydrogen) atoms. The van der Waals surface area contributed by atoms with E-state index in [0.29, 0.717) is 67.3 Å². The maximum Gasteiger partial charge on any atom is 0.271 e. The van der Waals surface area contributed by atoms with E-state index in [2.05, 4.69) is 10.6 Å². The van der Waals surface area contributed by atoms with Gasteiger partial charge in [0, 0.05) is 47.9 Å². The highest BCUT2D eigenvalue weighted by atomic mass is 35.5. The van der Waals surface area contributed by atoms with Crippen molar-refractivity contribution in [2.45, 2.75) is 33.4 Å². The van der Waals surface area contributed by atoms with Crippen LogP contribution < -0.4 is 24.4 Å². The Morgan fingerprint density at radius 3 is 2.49 bits per heavy atom. The average molecular weight is 690 g/mol. The molecule has 0 radical (unpaired) electrons. The summed E-state index contributed by atoms with van der Waals surface area (Å²) in [6.07, 6.45) is 3.94. The molecule has 242 valence electrons. The Labute approximate surface area is 286 Å². The van der Waals surface area contributed by atoms with E-state index < -0.39 is 6.04 Å². The van der Waals surface area contributed by atoms with Crippen molar-refractivity contribution in [3.05, 3.63) is 125 Å². The molecule has 1 aliphatic rings. The molecule has 0 saturated carbocycles. The van der Waals surface area contributed by atoms with Crippen LogP contribution in [0.5, 0.6) is 11.5 Å². The topological polar surface area (TPSA) is 78.1 Å². The van der Waals surface area contributed by atoms with Crippen LogP contribution in [0.3, 0.4) is 0 Å². The van der Waals surface area contributed by atoms with Gasteiger partial charge in [0.15, 0.2) is 4.80 Å². The second-order valence-corrected chi connectivity index (χ2v) is 13.0. The number of hydrogen-bond acceptors (Lipinski definition) is 6. The number of allylic oxidation sites excluding steroid dienone is 1. The molecule has 11 heteroatoms. The van der Waals surface area contributed by atoms with Gasteiger partial charge < -0.3 is 18.9 Å². The van der Waals surface area contributed by atoms with Crippen LogP contribution >= 0.6 is 34.5 Å². The second kappa shape index (κ2) is 13.4. The molecule has 0 bridgehead atoms. The smallest absolute Gasteiger partial charge is 0.271 e. The fraction of sp³-hybridized carbons (Fsp3) is 0.250. The number of amides is 1. The summed E-state index contributed by atoms with van der Waals surface area (Å²) in [5, 5.41) is 2.00. The van der Waals surface area contributed by atoms with Crippen molar-refractivity contribution in [1.82, 2.24) is 14.0 Å². The molecule has 1 aliphatic heterocycles. The number of benzene rings is 3. The lowest BCUT2D eigenvalue weighted by Gasteiger charge is -2.30. The first-order chi connectivity index (χ1) is 22.7. The molecule has 0 spiro atoms. The van der Waals surface area contributed by atoms with Gasteiger partial charge in [-0.1, -0.05) is 58.8 Å². The lowest BCUT2D eigenvalue weighted by atomic mass is 9.93. The van der Waals surface area contributed by atoms with Crippen LogP contribution in [0.15, 0.2) is 87.9 Å². The number of carbonyl (C=O) groups excluding carboxylic acids is 1. The number of carbonyl (C=O) groups is 1. The Kier molecular flexibility index (Phi) is 9.32. The first kappa shape index (κ1) is 32.6. The minimum atomic E-state index is -0.775. The fourth-order valence-corrected chi connectivity index (χ4v) is 7.48. The molecule has 0 N–H and O–H groups in total. The number of para-hydroxylation sites is 1. The van der Waals surface area contributed by atoms with Gasteiger partial charge in [0.05, 0.1) is 40.1 Å². The van der Waals surface area contributed by atoms with Gasteiger partial charge in [-0.3, -0.25) is 14.2 Å². The number of fused-ring (bicyclic) bond motifs is 2. The fourth-order valence-electron chi connectivity index (χ4n) is 6.12. The number of thiazole rings is 1. The van der Waals surface area contributed by atoms with Crippen molar-refractivity contribution in [1.29, 1.82) is 0 Å². The number of halogens is 2. The van der Waals surface area contributed by atoms with Crippen LogP contribution in [0, 0.1) is 0 Å². The zero-order valence-electron chi connectivity index (χ0n) is 26.7. The Morgan fingerprint density at radius 1 is 1.02 bits per heavy atom. The summed E-state index contributed by atoms with van der Waals surface area (Å²) in [7, 11) is 3.16. The molecule has 0 fully saturated rings. The van der Waals surface area contributed by atoms with E-state index in [1.54, 1.807) is 41.9 Å². The SMILES string of the molecule is CCN(CC)C(=O)C1=C(C)N=c2s/c(=C/c3cn(Cc4ccc(Cl)c(Cl)c4)c4ccccc34)c(=O)n2[C@@H]1c1cc(OC)ccc1OC. The van der Waals surface area contributed by atoms with E-state index in [1.807, 2.05) is 69.4 Å². The lowest BCUT2D eigenvalue weighted by Crippen LogP contribution is -2.43. The number of aromatic nitrogens is 2. The molecule has 1 atom stereocenters. The lowest BCUT2D eigenvalue weighted by molar-refractivity contribution is -0.127. The quantitative estimate of drug-likeness (QED) is 0.179. The Hall–Kier alpha value is -4.31. The van der Waals surface area contributed by atoms with Crippen molar-refractivity contribution < 1.29 is 14.3 Å². The largest absolute Gasteiger partial charge is 0.497 e. The minimum absolute atomic E-state index is 0.175. The maximum absolute atomic E-state index is 14.5. The Morgan fingerprint density at radius 2 is 1.79 bits per heavy atom. The van der Waals surface area contributed by atoms with Gasteiger partial charge in [-0.15, -0.1) is 0 Å². The summed E-state index contributed by atoms with van der Waals surface area (Å²) in [4.78, 5) is 35.6. The predicted molar refractivity (Wildman–Crippen MR) is 189 cm³/mol. The summed E-state index contributed by atoms with van der Waals surface area (Å²) in [6.45, 7) is 7.30. The Balaban J connectivity index is 1.55. The van der Waals surface area contributed by atoms with Crippen molar-refractivity contribution in [2.75, 3.05) is 27.3 Å². The molecule has 3 aromatic carbocycles. The third-order valence-electron chi connectivity index (χ3n) is 8.48.